The fraction of sp³-hybridized carbons (Fsp3) is 0.375. The van der Waals surface area contributed by atoms with Gasteiger partial charge < -0.3 is 5.11 Å². The van der Waals surface area contributed by atoms with Gasteiger partial charge in [0.05, 0.1) is 23.6 Å². The van der Waals surface area contributed by atoms with Gasteiger partial charge in [0.1, 0.15) is 0 Å². The first-order valence-corrected chi connectivity index (χ1v) is 3.61. The quantitative estimate of drug-likeness (QED) is 0.775. The minimum absolute atomic E-state index is 0.0502. The SMILES string of the molecule is Cc1nc(CO)cc(C(F)F)c1F. The molecule has 0 unspecified atom stereocenters. The third kappa shape index (κ3) is 1.98. The van der Waals surface area contributed by atoms with Crippen molar-refractivity contribution in [3.05, 3.63) is 28.8 Å². The summed E-state index contributed by atoms with van der Waals surface area (Å²) in [7, 11) is 0. The lowest BCUT2D eigenvalue weighted by atomic mass is 10.2. The van der Waals surface area contributed by atoms with Gasteiger partial charge >= 0.3 is 0 Å². The van der Waals surface area contributed by atoms with Crippen LogP contribution in [0.25, 0.3) is 0 Å². The summed E-state index contributed by atoms with van der Waals surface area (Å²) in [5, 5.41) is 8.63. The van der Waals surface area contributed by atoms with Gasteiger partial charge in [0.25, 0.3) is 6.43 Å². The lowest BCUT2D eigenvalue weighted by Gasteiger charge is -2.06. The van der Waals surface area contributed by atoms with Gasteiger partial charge in [0.2, 0.25) is 0 Å². The lowest BCUT2D eigenvalue weighted by molar-refractivity contribution is 0.145. The first-order chi connectivity index (χ1) is 6.06. The number of nitrogens with zero attached hydrogens (tertiary/aromatic N) is 1. The highest BCUT2D eigenvalue weighted by Crippen LogP contribution is 2.23. The zero-order valence-electron chi connectivity index (χ0n) is 6.89. The molecule has 0 fully saturated rings. The molecule has 1 aromatic heterocycles. The number of halogens is 3. The molecular weight excluding hydrogens is 183 g/mol. The molecule has 0 atom stereocenters. The Labute approximate surface area is 73.0 Å². The zero-order valence-corrected chi connectivity index (χ0v) is 6.89. The predicted octanol–water partition coefficient (Wildman–Crippen LogP) is 1.96. The number of pyridine rings is 1. The van der Waals surface area contributed by atoms with Crippen LogP contribution >= 0.6 is 0 Å². The van der Waals surface area contributed by atoms with E-state index in [2.05, 4.69) is 4.98 Å². The highest BCUT2D eigenvalue weighted by Gasteiger charge is 2.16. The summed E-state index contributed by atoms with van der Waals surface area (Å²) in [6.07, 6.45) is -2.88. The molecule has 1 aromatic rings. The van der Waals surface area contributed by atoms with Crippen LogP contribution in [0.1, 0.15) is 23.4 Å². The van der Waals surface area contributed by atoms with Crippen LogP contribution in [0.4, 0.5) is 13.2 Å². The van der Waals surface area contributed by atoms with E-state index in [1.54, 1.807) is 0 Å². The average Bonchev–Trinajstić information content (AvgIpc) is 2.09. The molecule has 2 nitrogen and oxygen atoms in total. The third-order valence-electron chi connectivity index (χ3n) is 1.60. The maximum Gasteiger partial charge on any atom is 0.266 e. The van der Waals surface area contributed by atoms with E-state index in [1.165, 1.54) is 6.92 Å². The Morgan fingerprint density at radius 2 is 2.15 bits per heavy atom. The first kappa shape index (κ1) is 9.98. The van der Waals surface area contributed by atoms with E-state index in [1.807, 2.05) is 0 Å². The molecule has 0 saturated heterocycles. The number of hydrogen-bond acceptors (Lipinski definition) is 2. The largest absolute Gasteiger partial charge is 0.390 e. The van der Waals surface area contributed by atoms with Gasteiger partial charge in [-0.1, -0.05) is 0 Å². The molecule has 0 aliphatic heterocycles. The van der Waals surface area contributed by atoms with Gasteiger partial charge in [-0.15, -0.1) is 0 Å². The first-order valence-electron chi connectivity index (χ1n) is 3.61. The van der Waals surface area contributed by atoms with Crippen LogP contribution in [0.3, 0.4) is 0 Å². The number of alkyl halides is 2. The molecule has 0 spiro atoms. The van der Waals surface area contributed by atoms with Crippen molar-refractivity contribution in [1.82, 2.24) is 4.98 Å². The molecule has 0 aliphatic rings. The molecule has 0 aliphatic carbocycles. The van der Waals surface area contributed by atoms with E-state index in [0.717, 1.165) is 6.07 Å². The van der Waals surface area contributed by atoms with Gasteiger partial charge in [-0.2, -0.15) is 0 Å². The van der Waals surface area contributed by atoms with Crippen LogP contribution in [0.5, 0.6) is 0 Å². The second kappa shape index (κ2) is 3.74. The number of rotatable bonds is 2. The summed E-state index contributed by atoms with van der Waals surface area (Å²) < 4.78 is 37.3. The summed E-state index contributed by atoms with van der Waals surface area (Å²) in [6.45, 7) is 0.807. The van der Waals surface area contributed by atoms with E-state index < -0.39 is 24.4 Å². The number of hydrogen-bond donors (Lipinski definition) is 1. The van der Waals surface area contributed by atoms with Crippen LogP contribution in [0, 0.1) is 12.7 Å². The number of aliphatic hydroxyl groups excluding tert-OH is 1. The standard InChI is InChI=1S/C8H8F3NO/c1-4-7(9)6(8(10)11)2-5(3-13)12-4/h2,8,13H,3H2,1H3. The maximum absolute atomic E-state index is 12.9. The molecule has 0 saturated carbocycles. The highest BCUT2D eigenvalue weighted by molar-refractivity contribution is 5.23. The molecule has 5 heteroatoms. The molecule has 13 heavy (non-hydrogen) atoms. The Morgan fingerprint density at radius 1 is 1.54 bits per heavy atom. The van der Waals surface area contributed by atoms with E-state index in [4.69, 9.17) is 5.11 Å². The maximum atomic E-state index is 12.9. The molecule has 0 aromatic carbocycles. The van der Waals surface area contributed by atoms with Crippen LogP contribution in [-0.2, 0) is 6.61 Å². The molecule has 72 valence electrons. The van der Waals surface area contributed by atoms with E-state index in [-0.39, 0.29) is 11.4 Å². The Morgan fingerprint density at radius 3 is 2.62 bits per heavy atom. The molecule has 1 heterocycles. The summed E-state index contributed by atoms with van der Waals surface area (Å²) >= 11 is 0. The Bertz CT molecular complexity index is 315. The Kier molecular flexibility index (Phi) is 2.87. The van der Waals surface area contributed by atoms with Gasteiger partial charge in [0.15, 0.2) is 5.82 Å². The molecule has 0 bridgehead atoms. The van der Waals surface area contributed by atoms with Crippen molar-refractivity contribution in [2.45, 2.75) is 20.0 Å². The van der Waals surface area contributed by atoms with E-state index in [9.17, 15) is 13.2 Å². The van der Waals surface area contributed by atoms with Crippen LogP contribution in [0.2, 0.25) is 0 Å². The number of aromatic nitrogens is 1. The predicted molar refractivity (Wildman–Crippen MR) is 39.8 cm³/mol. The fourth-order valence-corrected chi connectivity index (χ4v) is 0.988. The third-order valence-corrected chi connectivity index (χ3v) is 1.60. The molecule has 0 radical (unpaired) electrons. The molecule has 1 rings (SSSR count). The van der Waals surface area contributed by atoms with Gasteiger partial charge in [-0.3, -0.25) is 4.98 Å². The number of aryl methyl sites for hydroxylation is 1. The Hall–Kier alpha value is -1.10. The molecule has 0 amide bonds. The molecule has 1 N–H and O–H groups in total. The summed E-state index contributed by atoms with van der Waals surface area (Å²) in [5.41, 5.74) is -0.785. The second-order valence-electron chi connectivity index (χ2n) is 2.56. The van der Waals surface area contributed by atoms with Crippen LogP contribution in [0.15, 0.2) is 6.07 Å². The van der Waals surface area contributed by atoms with Crippen molar-refractivity contribution in [3.8, 4) is 0 Å². The normalized spacial score (nSPS) is 10.9. The minimum Gasteiger partial charge on any atom is -0.390 e. The monoisotopic (exact) mass is 191 g/mol. The van der Waals surface area contributed by atoms with Crippen molar-refractivity contribution in [3.63, 3.8) is 0 Å². The number of aliphatic hydroxyl groups is 1. The van der Waals surface area contributed by atoms with Gasteiger partial charge in [-0.25, -0.2) is 13.2 Å². The van der Waals surface area contributed by atoms with Crippen LogP contribution in [-0.4, -0.2) is 10.1 Å². The summed E-state index contributed by atoms with van der Waals surface area (Å²) in [5.74, 6) is -1.01. The van der Waals surface area contributed by atoms with Gasteiger partial charge in [-0.05, 0) is 13.0 Å². The van der Waals surface area contributed by atoms with Gasteiger partial charge in [0, 0.05) is 0 Å². The van der Waals surface area contributed by atoms with E-state index >= 15 is 0 Å². The highest BCUT2D eigenvalue weighted by atomic mass is 19.3. The lowest BCUT2D eigenvalue weighted by Crippen LogP contribution is -2.01. The zero-order chi connectivity index (χ0) is 10.0. The van der Waals surface area contributed by atoms with Crippen molar-refractivity contribution in [2.75, 3.05) is 0 Å². The topological polar surface area (TPSA) is 33.1 Å². The Balaban J connectivity index is 3.25. The van der Waals surface area contributed by atoms with Crippen LogP contribution < -0.4 is 0 Å². The van der Waals surface area contributed by atoms with Crippen molar-refractivity contribution in [2.24, 2.45) is 0 Å². The van der Waals surface area contributed by atoms with Crippen molar-refractivity contribution >= 4 is 0 Å². The van der Waals surface area contributed by atoms with E-state index in [0.29, 0.717) is 0 Å². The summed E-state index contributed by atoms with van der Waals surface area (Å²) in [4.78, 5) is 3.58. The summed E-state index contributed by atoms with van der Waals surface area (Å²) in [6, 6.07) is 0.868. The fourth-order valence-electron chi connectivity index (χ4n) is 0.988. The minimum atomic E-state index is -2.88. The second-order valence-corrected chi connectivity index (χ2v) is 2.56. The molecular formula is C8H8F3NO. The smallest absolute Gasteiger partial charge is 0.266 e. The van der Waals surface area contributed by atoms with Crippen molar-refractivity contribution in [1.29, 1.82) is 0 Å². The average molecular weight is 191 g/mol. The van der Waals surface area contributed by atoms with Crippen molar-refractivity contribution < 1.29 is 18.3 Å².